The molecule has 0 aliphatic heterocycles. The maximum absolute atomic E-state index is 6.03. The summed E-state index contributed by atoms with van der Waals surface area (Å²) in [4.78, 5) is 0. The van der Waals surface area contributed by atoms with E-state index < -0.39 is 0 Å². The first-order chi connectivity index (χ1) is 8.22. The number of halogens is 2. The molecule has 1 aromatic carbocycles. The molecule has 1 radical (unpaired) electrons. The van der Waals surface area contributed by atoms with Gasteiger partial charge in [-0.15, -0.1) is 0 Å². The molecule has 0 nitrogen and oxygen atoms in total. The van der Waals surface area contributed by atoms with Crippen LogP contribution in [0.3, 0.4) is 0 Å². The van der Waals surface area contributed by atoms with E-state index in [4.69, 9.17) is 29.8 Å². The van der Waals surface area contributed by atoms with Crippen molar-refractivity contribution >= 4 is 23.2 Å². The van der Waals surface area contributed by atoms with Crippen LogP contribution in [0, 0.1) is 12.5 Å². The summed E-state index contributed by atoms with van der Waals surface area (Å²) in [5.41, 5.74) is 1.09. The van der Waals surface area contributed by atoms with Crippen molar-refractivity contribution in [2.24, 2.45) is 5.92 Å². The minimum absolute atomic E-state index is 0. The molecule has 0 aromatic heterocycles. The maximum Gasteiger partial charge on any atom is 0.0595 e. The van der Waals surface area contributed by atoms with Gasteiger partial charge < -0.3 is 6.58 Å². The second kappa shape index (κ2) is 7.65. The molecule has 3 heteroatoms. The van der Waals surface area contributed by atoms with Crippen molar-refractivity contribution in [2.45, 2.75) is 12.3 Å². The molecule has 0 amide bonds. The fourth-order valence-electron chi connectivity index (χ4n) is 2.03. The molecule has 0 saturated carbocycles. The summed E-state index contributed by atoms with van der Waals surface area (Å²) in [7, 11) is 0. The van der Waals surface area contributed by atoms with Crippen molar-refractivity contribution in [3.63, 3.8) is 0 Å². The Labute approximate surface area is 144 Å². The Morgan fingerprint density at radius 1 is 1.17 bits per heavy atom. The Morgan fingerprint density at radius 2 is 1.83 bits per heavy atom. The van der Waals surface area contributed by atoms with Crippen LogP contribution in [0.2, 0.25) is 10.0 Å². The third kappa shape index (κ3) is 3.81. The predicted molar refractivity (Wildman–Crippen MR) is 74.5 cm³/mol. The number of hydrogen-bond donors (Lipinski definition) is 0. The van der Waals surface area contributed by atoms with Crippen LogP contribution < -0.4 is 0 Å². The third-order valence-corrected chi connectivity index (χ3v) is 3.68. The Hall–Kier alpha value is 0.124. The van der Waals surface area contributed by atoms with E-state index in [2.05, 4.69) is 24.3 Å². The monoisotopic (exact) mass is 352 g/mol. The molecule has 1 aliphatic carbocycles. The number of allylic oxidation sites excluding steroid dienone is 5. The van der Waals surface area contributed by atoms with E-state index in [-0.39, 0.29) is 38.6 Å². The largest absolute Gasteiger partial charge is 0.517 e. The minimum atomic E-state index is 0. The third-order valence-electron chi connectivity index (χ3n) is 2.94. The summed E-state index contributed by atoms with van der Waals surface area (Å²) in [6.07, 6.45) is 11.4. The van der Waals surface area contributed by atoms with Crippen LogP contribution in [-0.2, 0) is 32.7 Å². The average molecular weight is 353 g/mol. The van der Waals surface area contributed by atoms with Crippen LogP contribution in [0.1, 0.15) is 17.9 Å². The fraction of sp³-hybridized carbons (Fsp3) is 0.200. The van der Waals surface area contributed by atoms with Gasteiger partial charge in [0.25, 0.3) is 0 Å². The summed E-state index contributed by atoms with van der Waals surface area (Å²) in [6, 6.07) is 5.67. The standard InChI is InChI=1S/C15H13Cl2.Y/c1-2-13(11-6-4-3-5-7-11)12-8-9-14(16)15(17)10-12;/h1-2,4-11,13H,3H2;/q-1;. The second-order valence-electron chi connectivity index (χ2n) is 4.06. The second-order valence-corrected chi connectivity index (χ2v) is 4.88. The Bertz CT molecular complexity index is 465. The molecular formula is C15H13Cl2Y-. The summed E-state index contributed by atoms with van der Waals surface area (Å²) in [5.74, 6) is 0.434. The molecule has 0 N–H and O–H groups in total. The smallest absolute Gasteiger partial charge is 0.0595 e. The van der Waals surface area contributed by atoms with Crippen molar-refractivity contribution in [1.82, 2.24) is 0 Å². The molecular weight excluding hydrogens is 340 g/mol. The molecule has 1 aliphatic rings. The van der Waals surface area contributed by atoms with Crippen molar-refractivity contribution < 1.29 is 32.7 Å². The van der Waals surface area contributed by atoms with E-state index in [0.717, 1.165) is 12.0 Å². The summed E-state index contributed by atoms with van der Waals surface area (Å²) in [6.45, 7) is 5.75. The average Bonchev–Trinajstić information content (AvgIpc) is 2.36. The van der Waals surface area contributed by atoms with Crippen LogP contribution in [0.25, 0.3) is 0 Å². The summed E-state index contributed by atoms with van der Waals surface area (Å²) in [5, 5.41) is 1.14. The van der Waals surface area contributed by atoms with Crippen LogP contribution in [0.4, 0.5) is 0 Å². The van der Waals surface area contributed by atoms with Crippen molar-refractivity contribution in [1.29, 1.82) is 0 Å². The Kier molecular flexibility index (Phi) is 6.88. The molecule has 18 heavy (non-hydrogen) atoms. The van der Waals surface area contributed by atoms with E-state index in [1.807, 2.05) is 18.2 Å². The van der Waals surface area contributed by atoms with Crippen LogP contribution in [-0.4, -0.2) is 0 Å². The van der Waals surface area contributed by atoms with E-state index in [0.29, 0.717) is 16.0 Å². The Balaban J connectivity index is 0.00000162. The molecule has 1 atom stereocenters. The molecule has 91 valence electrons. The van der Waals surface area contributed by atoms with E-state index in [9.17, 15) is 0 Å². The first-order valence-corrected chi connectivity index (χ1v) is 6.31. The van der Waals surface area contributed by atoms with Gasteiger partial charge in [-0.1, -0.05) is 53.6 Å². The minimum Gasteiger partial charge on any atom is -0.517 e. The number of rotatable bonds is 3. The zero-order chi connectivity index (χ0) is 12.3. The van der Waals surface area contributed by atoms with Crippen molar-refractivity contribution in [3.05, 3.63) is 70.8 Å². The van der Waals surface area contributed by atoms with Crippen LogP contribution in [0.5, 0.6) is 0 Å². The van der Waals surface area contributed by atoms with E-state index >= 15 is 0 Å². The van der Waals surface area contributed by atoms with Gasteiger partial charge in [0.1, 0.15) is 0 Å². The normalized spacial score (nSPS) is 16.1. The molecule has 0 bridgehead atoms. The topological polar surface area (TPSA) is 0 Å². The molecule has 0 spiro atoms. The first-order valence-electron chi connectivity index (χ1n) is 5.55. The predicted octanol–water partition coefficient (Wildman–Crippen LogP) is 5.20. The summed E-state index contributed by atoms with van der Waals surface area (Å²) >= 11 is 11.9. The van der Waals surface area contributed by atoms with Gasteiger partial charge in [0.15, 0.2) is 0 Å². The van der Waals surface area contributed by atoms with Gasteiger partial charge in [-0.3, -0.25) is 6.08 Å². The van der Waals surface area contributed by atoms with Gasteiger partial charge in [0.05, 0.1) is 10.0 Å². The zero-order valence-corrected chi connectivity index (χ0v) is 14.2. The number of benzene rings is 1. The zero-order valence-electron chi connectivity index (χ0n) is 9.89. The molecule has 1 aromatic rings. The van der Waals surface area contributed by atoms with Gasteiger partial charge in [-0.25, -0.2) is 0 Å². The van der Waals surface area contributed by atoms with Gasteiger partial charge in [0.2, 0.25) is 0 Å². The van der Waals surface area contributed by atoms with Crippen LogP contribution >= 0.6 is 23.2 Å². The Morgan fingerprint density at radius 3 is 2.39 bits per heavy atom. The summed E-state index contributed by atoms with van der Waals surface area (Å²) < 4.78 is 0. The van der Waals surface area contributed by atoms with Gasteiger partial charge in [0, 0.05) is 38.6 Å². The first kappa shape index (κ1) is 16.2. The maximum atomic E-state index is 6.03. The quantitative estimate of drug-likeness (QED) is 0.518. The van der Waals surface area contributed by atoms with Gasteiger partial charge >= 0.3 is 0 Å². The fourth-order valence-corrected chi connectivity index (χ4v) is 2.34. The van der Waals surface area contributed by atoms with Crippen molar-refractivity contribution in [2.75, 3.05) is 0 Å². The molecule has 0 fully saturated rings. The molecule has 1 unspecified atom stereocenters. The van der Waals surface area contributed by atoms with Gasteiger partial charge in [-0.05, 0) is 30.0 Å². The van der Waals surface area contributed by atoms with E-state index in [1.54, 1.807) is 6.08 Å². The van der Waals surface area contributed by atoms with Crippen molar-refractivity contribution in [3.8, 4) is 0 Å². The molecule has 0 saturated heterocycles. The van der Waals surface area contributed by atoms with E-state index in [1.165, 1.54) is 0 Å². The van der Waals surface area contributed by atoms with Crippen LogP contribution in [0.15, 0.2) is 48.6 Å². The molecule has 2 rings (SSSR count). The van der Waals surface area contributed by atoms with Gasteiger partial charge in [-0.2, -0.15) is 0 Å². The SMILES string of the molecule is [CH-]=CC(c1ccc(Cl)c(Cl)c1)C1C=CCC=C1.[Y]. The number of hydrogen-bond acceptors (Lipinski definition) is 0. The molecule has 0 heterocycles.